The molecular formula is C31H35N5O4S2. The summed E-state index contributed by atoms with van der Waals surface area (Å²) in [5, 5.41) is 6.96. The van der Waals surface area contributed by atoms with E-state index < -0.39 is 5.54 Å². The molecule has 5 rings (SSSR count). The first-order chi connectivity index (χ1) is 20.4. The summed E-state index contributed by atoms with van der Waals surface area (Å²) in [6.07, 6.45) is 4.47. The molecule has 2 aromatic carbocycles. The number of ether oxygens (including phenoxy) is 2. The molecule has 1 atom stereocenters. The highest BCUT2D eigenvalue weighted by Crippen LogP contribution is 2.37. The first kappa shape index (κ1) is 29.7. The number of thiocarbonyl (C=S) groups is 1. The molecule has 1 aromatic heterocycles. The zero-order valence-electron chi connectivity index (χ0n) is 23.7. The number of amides is 2. The largest absolute Gasteiger partial charge is 0.497 e. The molecule has 3 aromatic rings. The van der Waals surface area contributed by atoms with E-state index in [-0.39, 0.29) is 30.9 Å². The standard InChI is InChI=1S/C31H35N5O4S2/c1-39-24-10-11-25(27(17-24)40-2)33-29(38)31(12-15-42-16-13-31)36(19-22-7-6-14-32-18-22)28(37)21-35-20-26(34-30(35)41)23-8-4-3-5-9-23/h3-11,14,17-18,26H,12-13,15-16,19-21H2,1-2H3,(H,33,38)(H,34,41). The van der Waals surface area contributed by atoms with Crippen LogP contribution in [0, 0.1) is 0 Å². The number of carbonyl (C=O) groups excluding carboxylic acids is 2. The SMILES string of the molecule is COc1ccc(NC(=O)C2(N(Cc3cccnc3)C(=O)CN3CC(c4ccccc4)NC3=S)CCSCC2)c(OC)c1. The van der Waals surface area contributed by atoms with Gasteiger partial charge in [-0.2, -0.15) is 11.8 Å². The monoisotopic (exact) mass is 605 g/mol. The van der Waals surface area contributed by atoms with Crippen molar-refractivity contribution in [2.24, 2.45) is 0 Å². The zero-order chi connectivity index (χ0) is 29.5. The van der Waals surface area contributed by atoms with Gasteiger partial charge in [0.2, 0.25) is 5.91 Å². The smallest absolute Gasteiger partial charge is 0.250 e. The Bertz CT molecular complexity index is 1400. The van der Waals surface area contributed by atoms with Gasteiger partial charge in [0.05, 0.1) is 32.5 Å². The highest BCUT2D eigenvalue weighted by molar-refractivity contribution is 7.99. The third-order valence-electron chi connectivity index (χ3n) is 7.80. The molecule has 11 heteroatoms. The van der Waals surface area contributed by atoms with Crippen molar-refractivity contribution in [2.45, 2.75) is 31.0 Å². The molecule has 0 bridgehead atoms. The lowest BCUT2D eigenvalue weighted by Gasteiger charge is -2.45. The molecule has 2 fully saturated rings. The van der Waals surface area contributed by atoms with Gasteiger partial charge in [-0.3, -0.25) is 14.6 Å². The molecule has 3 heterocycles. The Hall–Kier alpha value is -3.83. The molecule has 2 N–H and O–H groups in total. The summed E-state index contributed by atoms with van der Waals surface area (Å²) >= 11 is 7.44. The zero-order valence-corrected chi connectivity index (χ0v) is 25.4. The van der Waals surface area contributed by atoms with E-state index in [1.165, 1.54) is 0 Å². The van der Waals surface area contributed by atoms with Gasteiger partial charge in [0, 0.05) is 31.5 Å². The van der Waals surface area contributed by atoms with Gasteiger partial charge in [0.25, 0.3) is 5.91 Å². The minimum Gasteiger partial charge on any atom is -0.497 e. The Balaban J connectivity index is 1.44. The van der Waals surface area contributed by atoms with Gasteiger partial charge in [-0.25, -0.2) is 0 Å². The van der Waals surface area contributed by atoms with Crippen LogP contribution in [-0.4, -0.2) is 76.1 Å². The van der Waals surface area contributed by atoms with Crippen LogP contribution in [0.15, 0.2) is 73.1 Å². The third-order valence-corrected chi connectivity index (χ3v) is 9.16. The van der Waals surface area contributed by atoms with E-state index in [1.54, 1.807) is 61.5 Å². The highest BCUT2D eigenvalue weighted by Gasteiger charge is 2.48. The highest BCUT2D eigenvalue weighted by atomic mass is 32.2. The Kier molecular flexibility index (Phi) is 9.48. The topological polar surface area (TPSA) is 96.0 Å². The van der Waals surface area contributed by atoms with Crippen LogP contribution in [0.4, 0.5) is 5.69 Å². The molecule has 0 spiro atoms. The Labute approximate surface area is 256 Å². The van der Waals surface area contributed by atoms with Crippen molar-refractivity contribution in [1.82, 2.24) is 20.1 Å². The Morgan fingerprint density at radius 1 is 1.12 bits per heavy atom. The minimum atomic E-state index is -1.07. The molecule has 0 saturated carbocycles. The first-order valence-corrected chi connectivity index (χ1v) is 15.4. The van der Waals surface area contributed by atoms with Crippen LogP contribution in [0.1, 0.15) is 30.0 Å². The molecule has 2 aliphatic heterocycles. The Morgan fingerprint density at radius 2 is 1.90 bits per heavy atom. The van der Waals surface area contributed by atoms with Gasteiger partial charge in [-0.1, -0.05) is 36.4 Å². The molecule has 9 nitrogen and oxygen atoms in total. The van der Waals surface area contributed by atoms with Crippen LogP contribution in [0.2, 0.25) is 0 Å². The van der Waals surface area contributed by atoms with Crippen LogP contribution in [0.3, 0.4) is 0 Å². The number of methoxy groups -OCH3 is 2. The fourth-order valence-electron chi connectivity index (χ4n) is 5.47. The van der Waals surface area contributed by atoms with Gasteiger partial charge in [0.15, 0.2) is 5.11 Å². The average Bonchev–Trinajstić information content (AvgIpc) is 3.40. The maximum Gasteiger partial charge on any atom is 0.250 e. The number of rotatable bonds is 10. The van der Waals surface area contributed by atoms with E-state index in [4.69, 9.17) is 21.7 Å². The number of benzene rings is 2. The molecule has 2 amide bonds. The molecule has 0 aliphatic carbocycles. The van der Waals surface area contributed by atoms with Crippen molar-refractivity contribution < 1.29 is 19.1 Å². The summed E-state index contributed by atoms with van der Waals surface area (Å²) in [7, 11) is 3.12. The molecule has 0 radical (unpaired) electrons. The second-order valence-electron chi connectivity index (χ2n) is 10.3. The fourth-order valence-corrected chi connectivity index (χ4v) is 6.92. The molecular weight excluding hydrogens is 571 g/mol. The molecule has 220 valence electrons. The number of carbonyl (C=O) groups is 2. The number of hydrogen-bond acceptors (Lipinski definition) is 7. The van der Waals surface area contributed by atoms with Crippen LogP contribution in [-0.2, 0) is 16.1 Å². The van der Waals surface area contributed by atoms with Gasteiger partial charge in [-0.15, -0.1) is 0 Å². The van der Waals surface area contributed by atoms with Crippen LogP contribution in [0.25, 0.3) is 0 Å². The van der Waals surface area contributed by atoms with Crippen molar-refractivity contribution in [3.05, 3.63) is 84.2 Å². The number of thioether (sulfide) groups is 1. The summed E-state index contributed by atoms with van der Waals surface area (Å²) in [4.78, 5) is 36.5. The summed E-state index contributed by atoms with van der Waals surface area (Å²) in [5.41, 5.74) is 1.40. The van der Waals surface area contributed by atoms with Crippen molar-refractivity contribution in [3.8, 4) is 11.5 Å². The number of nitrogens with zero attached hydrogens (tertiary/aromatic N) is 3. The number of aromatic nitrogens is 1. The molecule has 2 aliphatic rings. The predicted molar refractivity (Wildman–Crippen MR) is 169 cm³/mol. The van der Waals surface area contributed by atoms with Gasteiger partial charge in [0.1, 0.15) is 17.0 Å². The minimum absolute atomic E-state index is 0.0100. The molecule has 1 unspecified atom stereocenters. The van der Waals surface area contributed by atoms with Crippen LogP contribution < -0.4 is 20.1 Å². The lowest BCUT2D eigenvalue weighted by Crippen LogP contribution is -2.61. The van der Waals surface area contributed by atoms with E-state index in [2.05, 4.69) is 15.6 Å². The average molecular weight is 606 g/mol. The summed E-state index contributed by atoms with van der Waals surface area (Å²) in [5.74, 6) is 2.20. The lowest BCUT2D eigenvalue weighted by molar-refractivity contribution is -0.147. The predicted octanol–water partition coefficient (Wildman–Crippen LogP) is 4.26. The maximum atomic E-state index is 14.3. The molecule has 2 saturated heterocycles. The van der Waals surface area contributed by atoms with E-state index in [0.717, 1.165) is 22.6 Å². The van der Waals surface area contributed by atoms with Crippen molar-refractivity contribution in [2.75, 3.05) is 44.1 Å². The summed E-state index contributed by atoms with van der Waals surface area (Å²) < 4.78 is 10.9. The fraction of sp³-hybridized carbons (Fsp3) is 0.355. The van der Waals surface area contributed by atoms with Crippen LogP contribution >= 0.6 is 24.0 Å². The number of pyridine rings is 1. The number of nitrogens with one attached hydrogen (secondary N) is 2. The van der Waals surface area contributed by atoms with Crippen molar-refractivity contribution in [1.29, 1.82) is 0 Å². The van der Waals surface area contributed by atoms with E-state index in [9.17, 15) is 9.59 Å². The van der Waals surface area contributed by atoms with Crippen LogP contribution in [0.5, 0.6) is 11.5 Å². The van der Waals surface area contributed by atoms with Crippen molar-refractivity contribution >= 4 is 46.6 Å². The normalized spacial score (nSPS) is 17.7. The van der Waals surface area contributed by atoms with E-state index in [1.807, 2.05) is 47.4 Å². The van der Waals surface area contributed by atoms with E-state index in [0.29, 0.717) is 41.7 Å². The van der Waals surface area contributed by atoms with Gasteiger partial charge >= 0.3 is 0 Å². The van der Waals surface area contributed by atoms with Gasteiger partial charge < -0.3 is 29.9 Å². The first-order valence-electron chi connectivity index (χ1n) is 13.8. The third kappa shape index (κ3) is 6.47. The lowest BCUT2D eigenvalue weighted by atomic mass is 9.87. The second-order valence-corrected chi connectivity index (χ2v) is 11.9. The molecule has 42 heavy (non-hydrogen) atoms. The summed E-state index contributed by atoms with van der Waals surface area (Å²) in [6.45, 7) is 0.873. The Morgan fingerprint density at radius 3 is 2.60 bits per heavy atom. The number of anilines is 1. The summed E-state index contributed by atoms with van der Waals surface area (Å²) in [6, 6.07) is 19.1. The maximum absolute atomic E-state index is 14.3. The van der Waals surface area contributed by atoms with Crippen molar-refractivity contribution in [3.63, 3.8) is 0 Å². The van der Waals surface area contributed by atoms with Gasteiger partial charge in [-0.05, 0) is 65.9 Å². The number of hydrogen-bond donors (Lipinski definition) is 2. The quantitative estimate of drug-likeness (QED) is 0.329. The second kappa shape index (κ2) is 13.4. The van der Waals surface area contributed by atoms with E-state index >= 15 is 0 Å².